The lowest BCUT2D eigenvalue weighted by atomic mass is 10.00. The second-order valence-corrected chi connectivity index (χ2v) is 28.8. The molecule has 0 bridgehead atoms. The Morgan fingerprint density at radius 1 is 0.326 bits per heavy atom. The van der Waals surface area contributed by atoms with Gasteiger partial charge in [0.15, 0.2) is 12.2 Å². The topological polar surface area (TPSA) is 237 Å². The summed E-state index contributed by atoms with van der Waals surface area (Å²) in [6, 6.07) is 0. The van der Waals surface area contributed by atoms with Crippen LogP contribution in [0.5, 0.6) is 0 Å². The highest BCUT2D eigenvalue weighted by molar-refractivity contribution is 7.47. The van der Waals surface area contributed by atoms with E-state index in [1.165, 1.54) is 122 Å². The number of aliphatic hydroxyl groups is 1. The molecule has 0 aliphatic heterocycles. The molecule has 510 valence electrons. The Hall–Kier alpha value is -1.94. The van der Waals surface area contributed by atoms with E-state index in [-0.39, 0.29) is 25.7 Å². The van der Waals surface area contributed by atoms with Crippen molar-refractivity contribution in [3.8, 4) is 0 Å². The van der Waals surface area contributed by atoms with E-state index in [1.807, 2.05) is 0 Å². The molecular weight excluding hydrogens is 1140 g/mol. The summed E-state index contributed by atoms with van der Waals surface area (Å²) in [4.78, 5) is 72.4. The quantitative estimate of drug-likeness (QED) is 0.0222. The predicted molar refractivity (Wildman–Crippen MR) is 344 cm³/mol. The van der Waals surface area contributed by atoms with E-state index in [9.17, 15) is 43.2 Å². The molecule has 86 heavy (non-hydrogen) atoms. The minimum atomic E-state index is -4.95. The van der Waals surface area contributed by atoms with E-state index in [1.54, 1.807) is 0 Å². The first kappa shape index (κ1) is 84.1. The van der Waals surface area contributed by atoms with Crippen LogP contribution in [0.1, 0.15) is 325 Å². The van der Waals surface area contributed by atoms with Crippen LogP contribution in [0.2, 0.25) is 0 Å². The summed E-state index contributed by atoms with van der Waals surface area (Å²) in [5, 5.41) is 10.6. The number of carbonyl (C=O) groups is 4. The van der Waals surface area contributed by atoms with Gasteiger partial charge in [0.1, 0.15) is 19.3 Å². The summed E-state index contributed by atoms with van der Waals surface area (Å²) >= 11 is 0. The maximum atomic E-state index is 13.0. The summed E-state index contributed by atoms with van der Waals surface area (Å²) in [6.07, 6.45) is 37.7. The Balaban J connectivity index is 5.25. The van der Waals surface area contributed by atoms with Crippen LogP contribution in [0, 0.1) is 23.7 Å². The van der Waals surface area contributed by atoms with Gasteiger partial charge in [0.05, 0.1) is 26.4 Å². The zero-order chi connectivity index (χ0) is 63.9. The normalized spacial score (nSPS) is 14.7. The SMILES string of the molecule is CCC(C)CCCCCCCCC(=O)O[C@H](COC(=O)CCCCCCCCCC(C)C)COP(=O)(O)OCC(O)COP(=O)(O)OC[C@@H](COC(=O)CCCCCCCCCCCCCC(C)C)OC(=O)CCCCCCCCCCCC(C)C. The number of esters is 4. The number of hydrogen-bond acceptors (Lipinski definition) is 15. The second-order valence-electron chi connectivity index (χ2n) is 25.9. The third-order valence-electron chi connectivity index (χ3n) is 15.7. The van der Waals surface area contributed by atoms with Gasteiger partial charge in [-0.1, -0.05) is 274 Å². The van der Waals surface area contributed by atoms with E-state index >= 15 is 0 Å². The maximum Gasteiger partial charge on any atom is 0.472 e. The summed E-state index contributed by atoms with van der Waals surface area (Å²) in [5.41, 5.74) is 0. The Bertz CT molecular complexity index is 1720. The summed E-state index contributed by atoms with van der Waals surface area (Å²) in [7, 11) is -9.90. The van der Waals surface area contributed by atoms with Gasteiger partial charge in [-0.3, -0.25) is 37.3 Å². The lowest BCUT2D eigenvalue weighted by molar-refractivity contribution is -0.161. The van der Waals surface area contributed by atoms with Crippen LogP contribution in [-0.2, 0) is 65.4 Å². The monoisotopic (exact) mass is 1270 g/mol. The molecule has 0 spiro atoms. The van der Waals surface area contributed by atoms with Crippen LogP contribution in [0.4, 0.5) is 0 Å². The molecule has 6 atom stereocenters. The van der Waals surface area contributed by atoms with Crippen LogP contribution in [0.3, 0.4) is 0 Å². The molecule has 0 fully saturated rings. The summed E-state index contributed by atoms with van der Waals surface area (Å²) < 4.78 is 68.1. The molecule has 0 saturated carbocycles. The maximum absolute atomic E-state index is 13.0. The molecule has 0 amide bonds. The van der Waals surface area contributed by atoms with Gasteiger partial charge in [0.25, 0.3) is 0 Å². The Morgan fingerprint density at radius 2 is 0.558 bits per heavy atom. The smallest absolute Gasteiger partial charge is 0.462 e. The Morgan fingerprint density at radius 3 is 0.826 bits per heavy atom. The fraction of sp³-hybridized carbons (Fsp3) is 0.940. The molecule has 0 aliphatic rings. The molecule has 0 aromatic rings. The minimum Gasteiger partial charge on any atom is -0.462 e. The van der Waals surface area contributed by atoms with Crippen molar-refractivity contribution in [2.45, 2.75) is 343 Å². The van der Waals surface area contributed by atoms with Crippen molar-refractivity contribution in [2.24, 2.45) is 23.7 Å². The van der Waals surface area contributed by atoms with E-state index in [0.29, 0.717) is 31.6 Å². The molecule has 19 heteroatoms. The second kappa shape index (κ2) is 57.0. The van der Waals surface area contributed by atoms with E-state index in [4.69, 9.17) is 37.0 Å². The number of phosphoric acid groups is 2. The first-order valence-electron chi connectivity index (χ1n) is 34.7. The van der Waals surface area contributed by atoms with Gasteiger partial charge in [-0.15, -0.1) is 0 Å². The zero-order valence-corrected chi connectivity index (χ0v) is 57.7. The molecular formula is C67H130O17P2. The molecule has 0 aliphatic carbocycles. The number of hydrogen-bond donors (Lipinski definition) is 3. The van der Waals surface area contributed by atoms with Crippen LogP contribution in [0.25, 0.3) is 0 Å². The standard InChI is InChI=1S/C67H130O17P2/c1-9-60(8)46-38-30-25-26-34-42-50-67(72)84-63(54-78-65(70)48-40-32-24-18-21-29-37-45-59(6)7)56-82-86(75,76)80-52-61(68)51-79-85(73,74)81-55-62(83-66(71)49-41-33-23-17-13-15-20-28-36-44-58(4)5)53-77-64(69)47-39-31-22-16-12-10-11-14-19-27-35-43-57(2)3/h57-63,68H,9-56H2,1-8H3,(H,73,74)(H,75,76)/t60?,61?,62-,63-/m1/s1. The molecule has 0 heterocycles. The molecule has 0 aromatic heterocycles. The summed E-state index contributed by atoms with van der Waals surface area (Å²) in [5.74, 6) is 0.796. The van der Waals surface area contributed by atoms with Gasteiger partial charge in [-0.05, 0) is 49.4 Å². The van der Waals surface area contributed by atoms with E-state index in [2.05, 4.69) is 55.4 Å². The largest absolute Gasteiger partial charge is 0.472 e. The fourth-order valence-electron chi connectivity index (χ4n) is 9.93. The average molecular weight is 1270 g/mol. The van der Waals surface area contributed by atoms with Crippen molar-refractivity contribution in [1.82, 2.24) is 0 Å². The van der Waals surface area contributed by atoms with Gasteiger partial charge in [0.2, 0.25) is 0 Å². The van der Waals surface area contributed by atoms with Gasteiger partial charge in [-0.2, -0.15) is 0 Å². The number of phosphoric ester groups is 2. The molecule has 3 N–H and O–H groups in total. The highest BCUT2D eigenvalue weighted by atomic mass is 31.2. The van der Waals surface area contributed by atoms with E-state index < -0.39 is 97.5 Å². The third-order valence-corrected chi connectivity index (χ3v) is 17.6. The van der Waals surface area contributed by atoms with Crippen molar-refractivity contribution >= 4 is 39.5 Å². The number of unbranched alkanes of at least 4 members (excludes halogenated alkanes) is 29. The molecule has 17 nitrogen and oxygen atoms in total. The lowest BCUT2D eigenvalue weighted by Crippen LogP contribution is -2.30. The third kappa shape index (κ3) is 59.7. The Labute approximate surface area is 524 Å². The Kier molecular flexibility index (Phi) is 55.7. The predicted octanol–water partition coefficient (Wildman–Crippen LogP) is 18.5. The van der Waals surface area contributed by atoms with E-state index in [0.717, 1.165) is 114 Å². The molecule has 4 unspecified atom stereocenters. The number of ether oxygens (including phenoxy) is 4. The minimum absolute atomic E-state index is 0.102. The van der Waals surface area contributed by atoms with Crippen LogP contribution < -0.4 is 0 Å². The average Bonchev–Trinajstić information content (AvgIpc) is 3.65. The molecule has 0 saturated heterocycles. The van der Waals surface area contributed by atoms with Crippen molar-refractivity contribution < 1.29 is 80.2 Å². The molecule has 0 radical (unpaired) electrons. The first-order valence-corrected chi connectivity index (χ1v) is 37.7. The molecule has 0 rings (SSSR count). The highest BCUT2D eigenvalue weighted by Gasteiger charge is 2.30. The lowest BCUT2D eigenvalue weighted by Gasteiger charge is -2.21. The van der Waals surface area contributed by atoms with Crippen molar-refractivity contribution in [1.29, 1.82) is 0 Å². The molecule has 0 aromatic carbocycles. The number of carbonyl (C=O) groups excluding carboxylic acids is 4. The van der Waals surface area contributed by atoms with Crippen molar-refractivity contribution in [3.63, 3.8) is 0 Å². The number of rotatable bonds is 64. The van der Waals surface area contributed by atoms with Gasteiger partial charge in [-0.25, -0.2) is 9.13 Å². The summed E-state index contributed by atoms with van der Waals surface area (Å²) in [6.45, 7) is 14.0. The van der Waals surface area contributed by atoms with Crippen LogP contribution >= 0.6 is 15.6 Å². The van der Waals surface area contributed by atoms with Gasteiger partial charge < -0.3 is 33.8 Å². The van der Waals surface area contributed by atoms with Crippen molar-refractivity contribution in [2.75, 3.05) is 39.6 Å². The zero-order valence-electron chi connectivity index (χ0n) is 55.9. The van der Waals surface area contributed by atoms with Crippen molar-refractivity contribution in [3.05, 3.63) is 0 Å². The first-order chi connectivity index (χ1) is 41.1. The fourth-order valence-corrected chi connectivity index (χ4v) is 11.5. The van der Waals surface area contributed by atoms with Gasteiger partial charge >= 0.3 is 39.5 Å². The number of aliphatic hydroxyl groups excluding tert-OH is 1. The van der Waals surface area contributed by atoms with Crippen LogP contribution in [-0.4, -0.2) is 96.7 Å². The van der Waals surface area contributed by atoms with Crippen LogP contribution in [0.15, 0.2) is 0 Å². The highest BCUT2D eigenvalue weighted by Crippen LogP contribution is 2.45. The van der Waals surface area contributed by atoms with Gasteiger partial charge in [0, 0.05) is 25.7 Å².